The van der Waals surface area contributed by atoms with E-state index >= 15 is 0 Å². The van der Waals surface area contributed by atoms with Gasteiger partial charge >= 0.3 is 0 Å². The van der Waals surface area contributed by atoms with Gasteiger partial charge in [0.1, 0.15) is 16.2 Å². The number of nitriles is 1. The normalized spacial score (nSPS) is 11.1. The van der Waals surface area contributed by atoms with E-state index in [1.54, 1.807) is 17.4 Å². The Morgan fingerprint density at radius 1 is 0.711 bits per heavy atom. The minimum Gasteiger partial charge on any atom is -0.455 e. The van der Waals surface area contributed by atoms with Crippen molar-refractivity contribution in [1.29, 1.82) is 5.26 Å². The largest absolute Gasteiger partial charge is 0.455 e. The molecule has 0 radical (unpaired) electrons. The summed E-state index contributed by atoms with van der Waals surface area (Å²) in [7, 11) is 0. The molecule has 0 fully saturated rings. The quantitative estimate of drug-likeness (QED) is 0.186. The molecule has 45 heavy (non-hydrogen) atoms. The second kappa shape index (κ2) is 10.8. The van der Waals surface area contributed by atoms with Gasteiger partial charge in [0.15, 0.2) is 5.69 Å². The van der Waals surface area contributed by atoms with Gasteiger partial charge in [0.2, 0.25) is 0 Å². The third-order valence-electron chi connectivity index (χ3n) is 7.93. The topological polar surface area (TPSA) is 57.4 Å². The molecule has 2 aromatic heterocycles. The summed E-state index contributed by atoms with van der Waals surface area (Å²) in [6, 6.07) is 46.5. The molecule has 6 heteroatoms. The Kier molecular flexibility index (Phi) is 6.35. The van der Waals surface area contributed by atoms with Crippen LogP contribution in [0.15, 0.2) is 138 Å². The maximum absolute atomic E-state index is 9.74. The van der Waals surface area contributed by atoms with E-state index in [1.165, 1.54) is 0 Å². The van der Waals surface area contributed by atoms with Crippen molar-refractivity contribution in [1.82, 2.24) is 4.98 Å². The summed E-state index contributed by atoms with van der Waals surface area (Å²) in [5.41, 5.74) is 9.17. The maximum Gasteiger partial charge on any atom is 0.190 e. The number of benzene rings is 6. The van der Waals surface area contributed by atoms with E-state index in [0.29, 0.717) is 11.3 Å². The second-order valence-corrected chi connectivity index (χ2v) is 11.7. The summed E-state index contributed by atoms with van der Waals surface area (Å²) in [4.78, 5) is 10.5. The predicted octanol–water partition coefficient (Wildman–Crippen LogP) is 11.4. The van der Waals surface area contributed by atoms with Crippen molar-refractivity contribution in [3.63, 3.8) is 0 Å². The van der Waals surface area contributed by atoms with Gasteiger partial charge in [-0.3, -0.25) is 0 Å². The molecule has 210 valence electrons. The summed E-state index contributed by atoms with van der Waals surface area (Å²) < 4.78 is 7.45. The first-order chi connectivity index (χ1) is 22.2. The van der Waals surface area contributed by atoms with E-state index in [0.717, 1.165) is 70.9 Å². The fraction of sp³-hybridized carbons (Fsp3) is 0. The molecule has 0 aliphatic rings. The zero-order chi connectivity index (χ0) is 30.3. The molecule has 8 aromatic rings. The van der Waals surface area contributed by atoms with Crippen molar-refractivity contribution >= 4 is 66.2 Å². The number of rotatable bonds is 5. The second-order valence-electron chi connectivity index (χ2n) is 10.7. The van der Waals surface area contributed by atoms with E-state index in [4.69, 9.17) is 16.0 Å². The Morgan fingerprint density at radius 3 is 2.18 bits per heavy atom. The molecule has 6 aromatic carbocycles. The van der Waals surface area contributed by atoms with E-state index in [1.807, 2.05) is 48.5 Å². The van der Waals surface area contributed by atoms with Crippen LogP contribution in [-0.4, -0.2) is 4.98 Å². The molecule has 5 nitrogen and oxygen atoms in total. The van der Waals surface area contributed by atoms with E-state index in [-0.39, 0.29) is 0 Å². The first-order valence-electron chi connectivity index (χ1n) is 14.4. The molecular weight excluding hydrogens is 573 g/mol. The van der Waals surface area contributed by atoms with Gasteiger partial charge < -0.3 is 9.32 Å². The van der Waals surface area contributed by atoms with Gasteiger partial charge in [-0.25, -0.2) is 9.83 Å². The lowest BCUT2D eigenvalue weighted by atomic mass is 10.0. The first kappa shape index (κ1) is 26.4. The van der Waals surface area contributed by atoms with Crippen LogP contribution >= 0.6 is 11.3 Å². The van der Waals surface area contributed by atoms with Crippen molar-refractivity contribution in [2.24, 2.45) is 0 Å². The van der Waals surface area contributed by atoms with Gasteiger partial charge in [-0.2, -0.15) is 5.26 Å². The molecule has 0 atom stereocenters. The summed E-state index contributed by atoms with van der Waals surface area (Å²) in [6.45, 7) is 7.64. The van der Waals surface area contributed by atoms with Crippen molar-refractivity contribution in [2.45, 2.75) is 0 Å². The van der Waals surface area contributed by atoms with E-state index in [2.05, 4.69) is 94.7 Å². The van der Waals surface area contributed by atoms with Crippen LogP contribution in [0.2, 0.25) is 0 Å². The average Bonchev–Trinajstić information content (AvgIpc) is 3.71. The Labute approximate surface area is 263 Å². The summed E-state index contributed by atoms with van der Waals surface area (Å²) in [6.07, 6.45) is 0. The number of aromatic nitrogens is 1. The van der Waals surface area contributed by atoms with Gasteiger partial charge in [-0.15, -0.1) is 11.3 Å². The van der Waals surface area contributed by atoms with E-state index in [9.17, 15) is 5.26 Å². The number of hydrogen-bond donors (Lipinski definition) is 0. The molecule has 0 amide bonds. The zero-order valence-corrected chi connectivity index (χ0v) is 24.6. The van der Waals surface area contributed by atoms with E-state index < -0.39 is 0 Å². The van der Waals surface area contributed by atoms with Crippen molar-refractivity contribution in [3.05, 3.63) is 150 Å². The Bertz CT molecular complexity index is 2390. The van der Waals surface area contributed by atoms with Crippen LogP contribution in [-0.2, 0) is 0 Å². The highest BCUT2D eigenvalue weighted by Gasteiger charge is 2.17. The van der Waals surface area contributed by atoms with Crippen LogP contribution in [0.5, 0.6) is 0 Å². The highest BCUT2D eigenvalue weighted by molar-refractivity contribution is 7.21. The minimum atomic E-state index is 0.410. The van der Waals surface area contributed by atoms with Crippen LogP contribution in [0.25, 0.3) is 58.7 Å². The number of thiazole rings is 1. The highest BCUT2D eigenvalue weighted by atomic mass is 32.1. The molecule has 0 unspecified atom stereocenters. The van der Waals surface area contributed by atoms with Crippen molar-refractivity contribution in [3.8, 4) is 27.8 Å². The zero-order valence-electron chi connectivity index (χ0n) is 23.8. The van der Waals surface area contributed by atoms with Gasteiger partial charge in [-0.05, 0) is 78.4 Å². The Morgan fingerprint density at radius 2 is 1.42 bits per heavy atom. The molecule has 2 heterocycles. The molecule has 0 aliphatic carbocycles. The van der Waals surface area contributed by atoms with Crippen molar-refractivity contribution in [2.75, 3.05) is 4.90 Å². The van der Waals surface area contributed by atoms with Crippen LogP contribution < -0.4 is 4.90 Å². The Hall–Kier alpha value is -6.21. The number of fused-ring (bicyclic) bond motifs is 4. The van der Waals surface area contributed by atoms with Gasteiger partial charge in [0.05, 0.1) is 22.9 Å². The SMILES string of the molecule is [C-]#[N+]c1cc(C#N)cc(N(c2ccc(-c3nc4ccccc4s3)cc2)c2ccc(-c3cccc4c3oc3ccccc34)cc2)c1. The molecule has 0 N–H and O–H groups in total. The molecule has 0 spiro atoms. The molecule has 0 aliphatic heterocycles. The predicted molar refractivity (Wildman–Crippen MR) is 183 cm³/mol. The fourth-order valence-electron chi connectivity index (χ4n) is 5.81. The lowest BCUT2D eigenvalue weighted by Crippen LogP contribution is -2.10. The molecule has 0 bridgehead atoms. The number of para-hydroxylation sites is 3. The summed E-state index contributed by atoms with van der Waals surface area (Å²) in [5.74, 6) is 0. The Balaban J connectivity index is 1.22. The maximum atomic E-state index is 9.74. The third-order valence-corrected chi connectivity index (χ3v) is 9.01. The molecule has 0 saturated carbocycles. The van der Waals surface area contributed by atoms with Crippen LogP contribution in [0, 0.1) is 17.9 Å². The smallest absolute Gasteiger partial charge is 0.190 e. The summed E-state index contributed by atoms with van der Waals surface area (Å²) in [5, 5.41) is 12.9. The molecule has 0 saturated heterocycles. The monoisotopic (exact) mass is 594 g/mol. The van der Waals surface area contributed by atoms with Gasteiger partial charge in [0.25, 0.3) is 0 Å². The minimum absolute atomic E-state index is 0.410. The van der Waals surface area contributed by atoms with Crippen molar-refractivity contribution < 1.29 is 4.42 Å². The average molecular weight is 595 g/mol. The fourth-order valence-corrected chi connectivity index (χ4v) is 6.78. The number of hydrogen-bond acceptors (Lipinski definition) is 5. The van der Waals surface area contributed by atoms with Crippen LogP contribution in [0.4, 0.5) is 22.7 Å². The highest BCUT2D eigenvalue weighted by Crippen LogP contribution is 2.41. The lowest BCUT2D eigenvalue weighted by molar-refractivity contribution is 0.670. The standard InChI is InChI=1S/C39H22N4OS/c1-41-28-21-25(24-40)22-31(23-28)43(30-19-15-27(16-20-30)39-42-35-10-3-5-12-37(35)45-39)29-17-13-26(14-18-29)32-8-6-9-34-33-7-2-4-11-36(33)44-38(32)34/h2-23H. The number of nitrogens with zero attached hydrogens (tertiary/aromatic N) is 4. The van der Waals surface area contributed by atoms with Gasteiger partial charge in [0, 0.05) is 44.5 Å². The molecular formula is C39H22N4OS. The summed E-state index contributed by atoms with van der Waals surface area (Å²) >= 11 is 1.67. The lowest BCUT2D eigenvalue weighted by Gasteiger charge is -2.26. The molecule has 8 rings (SSSR count). The third kappa shape index (κ3) is 4.67. The first-order valence-corrected chi connectivity index (χ1v) is 15.2. The number of furan rings is 1. The van der Waals surface area contributed by atoms with Crippen LogP contribution in [0.1, 0.15) is 5.56 Å². The van der Waals surface area contributed by atoms with Gasteiger partial charge in [-0.1, -0.05) is 60.7 Å². The van der Waals surface area contributed by atoms with Crippen LogP contribution in [0.3, 0.4) is 0 Å². The number of anilines is 3.